The van der Waals surface area contributed by atoms with Crippen LogP contribution in [0.3, 0.4) is 0 Å². The molecule has 2 aromatic carbocycles. The lowest BCUT2D eigenvalue weighted by molar-refractivity contribution is 1.08. The van der Waals surface area contributed by atoms with Gasteiger partial charge in [-0.25, -0.2) is 0 Å². The van der Waals surface area contributed by atoms with Gasteiger partial charge in [0, 0.05) is 19.5 Å². The second kappa shape index (κ2) is 4.85. The molecule has 1 N–H and O–H groups in total. The van der Waals surface area contributed by atoms with E-state index in [-0.39, 0.29) is 5.43 Å². The van der Waals surface area contributed by atoms with Gasteiger partial charge >= 0.3 is 0 Å². The van der Waals surface area contributed by atoms with E-state index in [0.717, 1.165) is 22.3 Å². The summed E-state index contributed by atoms with van der Waals surface area (Å²) in [5.41, 5.74) is 2.58. The van der Waals surface area contributed by atoms with Crippen LogP contribution in [0.5, 0.6) is 0 Å². The first-order chi connectivity index (χ1) is 9.68. The molecule has 3 rings (SSSR count). The number of fused-ring (bicyclic) bond motifs is 1. The SMILES string of the molecule is CN(C)c1[nH]c2ccccc2c(=O)c1-c1ccccc1. The van der Waals surface area contributed by atoms with Gasteiger partial charge in [-0.15, -0.1) is 0 Å². The Kier molecular flexibility index (Phi) is 3.03. The van der Waals surface area contributed by atoms with Gasteiger partial charge in [-0.2, -0.15) is 0 Å². The van der Waals surface area contributed by atoms with Gasteiger partial charge in [-0.05, 0) is 17.7 Å². The van der Waals surface area contributed by atoms with Gasteiger partial charge < -0.3 is 9.88 Å². The molecule has 0 bridgehead atoms. The summed E-state index contributed by atoms with van der Waals surface area (Å²) in [7, 11) is 3.87. The molecule has 0 saturated carbocycles. The highest BCUT2D eigenvalue weighted by molar-refractivity contribution is 5.89. The predicted molar refractivity (Wildman–Crippen MR) is 84.3 cm³/mol. The van der Waals surface area contributed by atoms with Gasteiger partial charge in [0.2, 0.25) is 0 Å². The number of aromatic amines is 1. The first-order valence-electron chi connectivity index (χ1n) is 6.56. The Hall–Kier alpha value is -2.55. The molecule has 1 heterocycles. The van der Waals surface area contributed by atoms with Crippen molar-refractivity contribution in [1.82, 2.24) is 4.98 Å². The number of benzene rings is 2. The van der Waals surface area contributed by atoms with E-state index in [9.17, 15) is 4.79 Å². The molecule has 1 aromatic heterocycles. The van der Waals surface area contributed by atoms with Crippen LogP contribution < -0.4 is 10.3 Å². The van der Waals surface area contributed by atoms with E-state index in [1.165, 1.54) is 0 Å². The highest BCUT2D eigenvalue weighted by Crippen LogP contribution is 2.26. The monoisotopic (exact) mass is 264 g/mol. The minimum absolute atomic E-state index is 0.0641. The highest BCUT2D eigenvalue weighted by Gasteiger charge is 2.14. The third-order valence-corrected chi connectivity index (χ3v) is 3.40. The van der Waals surface area contributed by atoms with Crippen LogP contribution in [0.2, 0.25) is 0 Å². The fraction of sp³-hybridized carbons (Fsp3) is 0.118. The Labute approximate surface area is 117 Å². The van der Waals surface area contributed by atoms with Crippen molar-refractivity contribution in [3.05, 3.63) is 64.8 Å². The van der Waals surface area contributed by atoms with Crippen LogP contribution in [0.4, 0.5) is 5.82 Å². The normalized spacial score (nSPS) is 10.7. The van der Waals surface area contributed by atoms with E-state index in [2.05, 4.69) is 4.98 Å². The van der Waals surface area contributed by atoms with Gasteiger partial charge in [0.25, 0.3) is 0 Å². The Balaban J connectivity index is 2.43. The molecule has 0 aliphatic rings. The molecule has 3 nitrogen and oxygen atoms in total. The lowest BCUT2D eigenvalue weighted by atomic mass is 10.0. The van der Waals surface area contributed by atoms with Crippen molar-refractivity contribution in [3.63, 3.8) is 0 Å². The molecule has 0 amide bonds. The van der Waals surface area contributed by atoms with E-state index < -0.39 is 0 Å². The Bertz CT molecular complexity index is 804. The molecule has 0 fully saturated rings. The van der Waals surface area contributed by atoms with Gasteiger partial charge in [0.15, 0.2) is 5.43 Å². The molecule has 3 aromatic rings. The molecular weight excluding hydrogens is 248 g/mol. The van der Waals surface area contributed by atoms with Crippen molar-refractivity contribution in [3.8, 4) is 11.1 Å². The lowest BCUT2D eigenvalue weighted by Crippen LogP contribution is -2.18. The molecule has 0 spiro atoms. The summed E-state index contributed by atoms with van der Waals surface area (Å²) in [6, 6.07) is 17.4. The van der Waals surface area contributed by atoms with Crippen LogP contribution in [0, 0.1) is 0 Å². The molecule has 0 aliphatic heterocycles. The molecule has 0 aliphatic carbocycles. The zero-order valence-electron chi connectivity index (χ0n) is 11.6. The standard InChI is InChI=1S/C17H16N2O/c1-19(2)17-15(12-8-4-3-5-9-12)16(20)13-10-6-7-11-14(13)18-17/h3-11H,1-2H3,(H,18,20). The number of aromatic nitrogens is 1. The Morgan fingerprint density at radius 2 is 1.55 bits per heavy atom. The number of hydrogen-bond donors (Lipinski definition) is 1. The first kappa shape index (κ1) is 12.5. The molecule has 100 valence electrons. The van der Waals surface area contributed by atoms with Crippen LogP contribution in [-0.2, 0) is 0 Å². The summed E-state index contributed by atoms with van der Waals surface area (Å²) in [6.45, 7) is 0. The van der Waals surface area contributed by atoms with Crippen molar-refractivity contribution in [2.24, 2.45) is 0 Å². The quantitative estimate of drug-likeness (QED) is 0.771. The molecule has 0 saturated heterocycles. The van der Waals surface area contributed by atoms with Crippen molar-refractivity contribution in [2.75, 3.05) is 19.0 Å². The molecule has 20 heavy (non-hydrogen) atoms. The van der Waals surface area contributed by atoms with Crippen molar-refractivity contribution in [2.45, 2.75) is 0 Å². The summed E-state index contributed by atoms with van der Waals surface area (Å²) in [6.07, 6.45) is 0. The number of H-pyrrole nitrogens is 1. The highest BCUT2D eigenvalue weighted by atomic mass is 16.1. The third kappa shape index (κ3) is 1.97. The molecule has 0 radical (unpaired) electrons. The summed E-state index contributed by atoms with van der Waals surface area (Å²) in [5.74, 6) is 0.833. The minimum atomic E-state index is 0.0641. The van der Waals surface area contributed by atoms with Crippen LogP contribution >= 0.6 is 0 Å². The average Bonchev–Trinajstić information content (AvgIpc) is 2.48. The van der Waals surface area contributed by atoms with Gasteiger partial charge in [0.1, 0.15) is 5.82 Å². The molecule has 3 heteroatoms. The summed E-state index contributed by atoms with van der Waals surface area (Å²) < 4.78 is 0. The number of rotatable bonds is 2. The van der Waals surface area contributed by atoms with E-state index in [1.807, 2.05) is 73.6 Å². The number of nitrogens with one attached hydrogen (secondary N) is 1. The van der Waals surface area contributed by atoms with Crippen molar-refractivity contribution >= 4 is 16.7 Å². The van der Waals surface area contributed by atoms with Crippen LogP contribution in [0.25, 0.3) is 22.0 Å². The van der Waals surface area contributed by atoms with E-state index >= 15 is 0 Å². The topological polar surface area (TPSA) is 36.1 Å². The summed E-state index contributed by atoms with van der Waals surface area (Å²) in [4.78, 5) is 18.1. The van der Waals surface area contributed by atoms with E-state index in [0.29, 0.717) is 5.56 Å². The lowest BCUT2D eigenvalue weighted by Gasteiger charge is -2.18. The van der Waals surface area contributed by atoms with Gasteiger partial charge in [-0.1, -0.05) is 42.5 Å². The fourth-order valence-electron chi connectivity index (χ4n) is 2.43. The molecule has 0 unspecified atom stereocenters. The largest absolute Gasteiger partial charge is 0.364 e. The molecular formula is C17H16N2O. The zero-order valence-corrected chi connectivity index (χ0v) is 11.6. The number of pyridine rings is 1. The maximum absolute atomic E-state index is 12.8. The maximum Gasteiger partial charge on any atom is 0.199 e. The smallest absolute Gasteiger partial charge is 0.199 e. The number of anilines is 1. The third-order valence-electron chi connectivity index (χ3n) is 3.40. The fourth-order valence-corrected chi connectivity index (χ4v) is 2.43. The van der Waals surface area contributed by atoms with Crippen LogP contribution in [0.1, 0.15) is 0 Å². The van der Waals surface area contributed by atoms with Crippen molar-refractivity contribution in [1.29, 1.82) is 0 Å². The van der Waals surface area contributed by atoms with Gasteiger partial charge in [0.05, 0.1) is 11.1 Å². The number of nitrogens with zero attached hydrogens (tertiary/aromatic N) is 1. The summed E-state index contributed by atoms with van der Waals surface area (Å²) in [5, 5.41) is 0.719. The van der Waals surface area contributed by atoms with Crippen LogP contribution in [0.15, 0.2) is 59.4 Å². The maximum atomic E-state index is 12.8. The molecule has 0 atom stereocenters. The second-order valence-electron chi connectivity index (χ2n) is 4.98. The Morgan fingerprint density at radius 3 is 2.25 bits per heavy atom. The van der Waals surface area contributed by atoms with Crippen LogP contribution in [-0.4, -0.2) is 19.1 Å². The minimum Gasteiger partial charge on any atom is -0.364 e. The van der Waals surface area contributed by atoms with Gasteiger partial charge in [-0.3, -0.25) is 4.79 Å². The summed E-state index contributed by atoms with van der Waals surface area (Å²) >= 11 is 0. The predicted octanol–water partition coefficient (Wildman–Crippen LogP) is 3.26. The second-order valence-corrected chi connectivity index (χ2v) is 4.98. The number of para-hydroxylation sites is 1. The van der Waals surface area contributed by atoms with Crippen molar-refractivity contribution < 1.29 is 0 Å². The average molecular weight is 264 g/mol. The van der Waals surface area contributed by atoms with E-state index in [1.54, 1.807) is 0 Å². The zero-order chi connectivity index (χ0) is 14.1. The Morgan fingerprint density at radius 1 is 0.900 bits per heavy atom. The van der Waals surface area contributed by atoms with E-state index in [4.69, 9.17) is 0 Å². The first-order valence-corrected chi connectivity index (χ1v) is 6.56. The number of hydrogen-bond acceptors (Lipinski definition) is 2.